The quantitative estimate of drug-likeness (QED) is 0.550. The SMILES string of the molecule is COC(=O)[C@@H](Cl)[C@@H](Cl)c1cccc([C@@H](Cl)[C@@H](Cl)C(=O)OC)c1. The summed E-state index contributed by atoms with van der Waals surface area (Å²) in [4.78, 5) is 22.9. The van der Waals surface area contributed by atoms with Gasteiger partial charge in [-0.15, -0.1) is 46.4 Å². The van der Waals surface area contributed by atoms with Gasteiger partial charge in [-0.1, -0.05) is 24.3 Å². The normalized spacial score (nSPS) is 16.3. The van der Waals surface area contributed by atoms with Gasteiger partial charge in [0.2, 0.25) is 0 Å². The van der Waals surface area contributed by atoms with Gasteiger partial charge >= 0.3 is 11.9 Å². The molecule has 1 aromatic rings. The van der Waals surface area contributed by atoms with Gasteiger partial charge in [0.1, 0.15) is 0 Å². The van der Waals surface area contributed by atoms with E-state index in [1.807, 2.05) is 0 Å². The average Bonchev–Trinajstić information content (AvgIpc) is 2.57. The maximum Gasteiger partial charge on any atom is 0.325 e. The number of alkyl halides is 4. The van der Waals surface area contributed by atoms with E-state index in [2.05, 4.69) is 9.47 Å². The highest BCUT2D eigenvalue weighted by atomic mass is 35.5. The first-order valence-electron chi connectivity index (χ1n) is 6.15. The molecule has 8 heteroatoms. The number of carbonyl (C=O) groups is 2. The minimum absolute atomic E-state index is 0.559. The molecule has 0 spiro atoms. The van der Waals surface area contributed by atoms with Crippen molar-refractivity contribution >= 4 is 58.3 Å². The van der Waals surface area contributed by atoms with Crippen LogP contribution in [0.4, 0.5) is 0 Å². The van der Waals surface area contributed by atoms with E-state index in [0.717, 1.165) is 0 Å². The fourth-order valence-electron chi connectivity index (χ4n) is 1.70. The van der Waals surface area contributed by atoms with Gasteiger partial charge in [-0.2, -0.15) is 0 Å². The second-order valence-electron chi connectivity index (χ2n) is 4.32. The number of hydrogen-bond donors (Lipinski definition) is 0. The maximum absolute atomic E-state index is 11.4. The molecule has 122 valence electrons. The highest BCUT2D eigenvalue weighted by molar-refractivity contribution is 6.37. The molecule has 0 aromatic heterocycles. The molecule has 0 fully saturated rings. The van der Waals surface area contributed by atoms with Crippen LogP contribution < -0.4 is 0 Å². The van der Waals surface area contributed by atoms with Gasteiger partial charge in [-0.25, -0.2) is 0 Å². The lowest BCUT2D eigenvalue weighted by molar-refractivity contribution is -0.141. The van der Waals surface area contributed by atoms with Crippen molar-refractivity contribution in [1.82, 2.24) is 0 Å². The molecule has 1 rings (SSSR count). The Bertz CT molecular complexity index is 494. The van der Waals surface area contributed by atoms with Crippen molar-refractivity contribution in [1.29, 1.82) is 0 Å². The average molecular weight is 388 g/mol. The number of hydrogen-bond acceptors (Lipinski definition) is 4. The summed E-state index contributed by atoms with van der Waals surface area (Å²) in [6.07, 6.45) is 0. The van der Waals surface area contributed by atoms with Crippen molar-refractivity contribution in [2.45, 2.75) is 21.5 Å². The molecule has 0 saturated carbocycles. The molecule has 0 unspecified atom stereocenters. The topological polar surface area (TPSA) is 52.6 Å². The van der Waals surface area contributed by atoms with Crippen LogP contribution in [-0.2, 0) is 19.1 Å². The van der Waals surface area contributed by atoms with Crippen LogP contribution in [0.15, 0.2) is 24.3 Å². The largest absolute Gasteiger partial charge is 0.468 e. The fourth-order valence-corrected chi connectivity index (χ4v) is 2.65. The van der Waals surface area contributed by atoms with Crippen molar-refractivity contribution in [3.05, 3.63) is 35.4 Å². The highest BCUT2D eigenvalue weighted by Crippen LogP contribution is 2.34. The van der Waals surface area contributed by atoms with Crippen LogP contribution in [0, 0.1) is 0 Å². The van der Waals surface area contributed by atoms with Gasteiger partial charge in [0, 0.05) is 0 Å². The zero-order valence-electron chi connectivity index (χ0n) is 11.8. The first kappa shape index (κ1) is 19.4. The number of methoxy groups -OCH3 is 2. The molecule has 1 aromatic carbocycles. The van der Waals surface area contributed by atoms with Crippen LogP contribution in [0.5, 0.6) is 0 Å². The Morgan fingerprint density at radius 1 is 0.864 bits per heavy atom. The van der Waals surface area contributed by atoms with Crippen LogP contribution >= 0.6 is 46.4 Å². The summed E-state index contributed by atoms with van der Waals surface area (Å²) in [5.74, 6) is -1.28. The maximum atomic E-state index is 11.4. The Hall–Kier alpha value is -0.680. The minimum atomic E-state index is -1.05. The van der Waals surface area contributed by atoms with E-state index in [1.165, 1.54) is 14.2 Å². The number of esters is 2. The summed E-state index contributed by atoms with van der Waals surface area (Å²) in [5, 5.41) is -3.74. The summed E-state index contributed by atoms with van der Waals surface area (Å²) in [6, 6.07) is 6.68. The van der Waals surface area contributed by atoms with Crippen molar-refractivity contribution in [2.24, 2.45) is 0 Å². The molecule has 0 aliphatic rings. The van der Waals surface area contributed by atoms with E-state index in [4.69, 9.17) is 46.4 Å². The Morgan fingerprint density at radius 3 is 1.55 bits per heavy atom. The van der Waals surface area contributed by atoms with Crippen LogP contribution in [0.2, 0.25) is 0 Å². The van der Waals surface area contributed by atoms with Crippen molar-refractivity contribution in [2.75, 3.05) is 14.2 Å². The van der Waals surface area contributed by atoms with Gasteiger partial charge in [0.05, 0.1) is 25.0 Å². The van der Waals surface area contributed by atoms with Gasteiger partial charge in [0.25, 0.3) is 0 Å². The molecule has 0 bridgehead atoms. The van der Waals surface area contributed by atoms with Crippen molar-refractivity contribution in [3.63, 3.8) is 0 Å². The Balaban J connectivity index is 2.99. The minimum Gasteiger partial charge on any atom is -0.468 e. The molecule has 4 atom stereocenters. The first-order chi connectivity index (χ1) is 10.3. The Morgan fingerprint density at radius 2 is 1.23 bits per heavy atom. The molecule has 0 amide bonds. The summed E-state index contributed by atoms with van der Waals surface area (Å²) in [5.41, 5.74) is 1.12. The number of rotatable bonds is 6. The van der Waals surface area contributed by atoms with Gasteiger partial charge in [0.15, 0.2) is 10.8 Å². The monoisotopic (exact) mass is 386 g/mol. The number of benzene rings is 1. The van der Waals surface area contributed by atoms with Crippen LogP contribution in [0.25, 0.3) is 0 Å². The van der Waals surface area contributed by atoms with Gasteiger partial charge < -0.3 is 9.47 Å². The van der Waals surface area contributed by atoms with E-state index in [0.29, 0.717) is 11.1 Å². The third-order valence-corrected chi connectivity index (χ3v) is 5.04. The highest BCUT2D eigenvalue weighted by Gasteiger charge is 2.30. The lowest BCUT2D eigenvalue weighted by Crippen LogP contribution is -2.22. The number of halogens is 4. The van der Waals surface area contributed by atoms with E-state index >= 15 is 0 Å². The van der Waals surface area contributed by atoms with E-state index in [-0.39, 0.29) is 0 Å². The number of ether oxygens (including phenoxy) is 2. The van der Waals surface area contributed by atoms with Crippen molar-refractivity contribution in [3.8, 4) is 0 Å². The third-order valence-electron chi connectivity index (χ3n) is 2.91. The van der Waals surface area contributed by atoms with Crippen molar-refractivity contribution < 1.29 is 19.1 Å². The van der Waals surface area contributed by atoms with E-state index in [1.54, 1.807) is 24.3 Å². The van der Waals surface area contributed by atoms with Crippen LogP contribution in [0.1, 0.15) is 21.9 Å². The predicted octanol–water partition coefficient (Wildman–Crippen LogP) is 3.81. The molecule has 0 aliphatic heterocycles. The molecular formula is C14H14Cl4O4. The van der Waals surface area contributed by atoms with Gasteiger partial charge in [-0.05, 0) is 11.1 Å². The second kappa shape index (κ2) is 8.82. The van der Waals surface area contributed by atoms with Crippen LogP contribution in [-0.4, -0.2) is 36.9 Å². The zero-order valence-corrected chi connectivity index (χ0v) is 14.8. The second-order valence-corrected chi connectivity index (χ2v) is 6.20. The summed E-state index contributed by atoms with van der Waals surface area (Å²) >= 11 is 24.2. The standard InChI is InChI=1S/C14H14Cl4O4/c1-21-13(19)11(17)9(15)7-4-3-5-8(6-7)10(16)12(18)14(20)22-2/h3-6,9-12H,1-2H3/t9-,10+,11-,12+. The lowest BCUT2D eigenvalue weighted by Gasteiger charge is -2.18. The Kier molecular flexibility index (Phi) is 7.77. The molecule has 22 heavy (non-hydrogen) atoms. The summed E-state index contributed by atoms with van der Waals surface area (Å²) in [7, 11) is 2.45. The predicted molar refractivity (Wildman–Crippen MR) is 86.9 cm³/mol. The van der Waals surface area contributed by atoms with E-state index < -0.39 is 33.4 Å². The fraction of sp³-hybridized carbons (Fsp3) is 0.429. The van der Waals surface area contributed by atoms with Crippen LogP contribution in [0.3, 0.4) is 0 Å². The first-order valence-corrected chi connectivity index (χ1v) is 7.89. The van der Waals surface area contributed by atoms with Gasteiger partial charge in [-0.3, -0.25) is 9.59 Å². The lowest BCUT2D eigenvalue weighted by atomic mass is 10.0. The summed E-state index contributed by atoms with van der Waals surface area (Å²) in [6.45, 7) is 0. The molecule has 0 saturated heterocycles. The Labute approximate surface area is 148 Å². The molecule has 0 radical (unpaired) electrons. The molecule has 0 aliphatic carbocycles. The zero-order chi connectivity index (χ0) is 16.9. The summed E-state index contributed by atoms with van der Waals surface area (Å²) < 4.78 is 9.11. The smallest absolute Gasteiger partial charge is 0.325 e. The molecule has 0 N–H and O–H groups in total. The number of carbonyl (C=O) groups excluding carboxylic acids is 2. The molecule has 4 nitrogen and oxygen atoms in total. The third kappa shape index (κ3) is 4.66. The molecular weight excluding hydrogens is 374 g/mol. The van der Waals surface area contributed by atoms with E-state index in [9.17, 15) is 9.59 Å². The molecule has 0 heterocycles.